The molecule has 0 heterocycles. The Morgan fingerprint density at radius 1 is 1.38 bits per heavy atom. The summed E-state index contributed by atoms with van der Waals surface area (Å²) in [6.07, 6.45) is 1.86. The van der Waals surface area contributed by atoms with Crippen LogP contribution in [0.15, 0.2) is 12.1 Å². The number of hydrogen-bond donors (Lipinski definition) is 1. The molecule has 1 rings (SSSR count). The first-order chi connectivity index (χ1) is 7.58. The molecule has 2 N–H and O–H groups in total. The van der Waals surface area contributed by atoms with Gasteiger partial charge in [-0.2, -0.15) is 0 Å². The number of ether oxygens (including phenoxy) is 1. The molecule has 2 nitrogen and oxygen atoms in total. The van der Waals surface area contributed by atoms with Gasteiger partial charge in [0.25, 0.3) is 0 Å². The van der Waals surface area contributed by atoms with E-state index in [1.54, 1.807) is 13.2 Å². The highest BCUT2D eigenvalue weighted by Crippen LogP contribution is 2.33. The molecule has 0 amide bonds. The summed E-state index contributed by atoms with van der Waals surface area (Å²) >= 11 is 12.0. The van der Waals surface area contributed by atoms with E-state index >= 15 is 0 Å². The normalized spacial score (nSPS) is 12.6. The van der Waals surface area contributed by atoms with Crippen LogP contribution in [0.2, 0.25) is 10.0 Å². The fourth-order valence-electron chi connectivity index (χ4n) is 1.76. The average molecular weight is 262 g/mol. The Bertz CT molecular complexity index is 355. The van der Waals surface area contributed by atoms with Crippen LogP contribution in [0, 0.1) is 5.92 Å². The van der Waals surface area contributed by atoms with E-state index < -0.39 is 0 Å². The molecule has 0 bridgehead atoms. The first-order valence-corrected chi connectivity index (χ1v) is 6.06. The van der Waals surface area contributed by atoms with Crippen molar-refractivity contribution in [1.29, 1.82) is 0 Å². The lowest BCUT2D eigenvalue weighted by Crippen LogP contribution is -2.08. The molecule has 90 valence electrons. The van der Waals surface area contributed by atoms with Crippen LogP contribution < -0.4 is 10.5 Å². The van der Waals surface area contributed by atoms with Crippen LogP contribution >= 0.6 is 23.2 Å². The Kier molecular flexibility index (Phi) is 5.39. The molecular weight excluding hydrogens is 245 g/mol. The molecule has 0 radical (unpaired) electrons. The summed E-state index contributed by atoms with van der Waals surface area (Å²) in [5.74, 6) is 1.21. The van der Waals surface area contributed by atoms with E-state index in [1.807, 2.05) is 6.07 Å². The molecule has 0 aliphatic carbocycles. The summed E-state index contributed by atoms with van der Waals surface area (Å²) in [5.41, 5.74) is 6.57. The zero-order valence-corrected chi connectivity index (χ0v) is 11.1. The lowest BCUT2D eigenvalue weighted by atomic mass is 9.97. The summed E-state index contributed by atoms with van der Waals surface area (Å²) in [6.45, 7) is 2.85. The van der Waals surface area contributed by atoms with Gasteiger partial charge >= 0.3 is 0 Å². The van der Waals surface area contributed by atoms with E-state index in [4.69, 9.17) is 33.7 Å². The monoisotopic (exact) mass is 261 g/mol. The van der Waals surface area contributed by atoms with Gasteiger partial charge in [0.05, 0.1) is 12.1 Å². The summed E-state index contributed by atoms with van der Waals surface area (Å²) in [7, 11) is 1.62. The minimum atomic E-state index is 0.494. The van der Waals surface area contributed by atoms with E-state index in [9.17, 15) is 0 Å². The SMILES string of the molecule is COc1c(Cl)cc(Cl)cc1CC(C)CCN. The number of benzene rings is 1. The van der Waals surface area contributed by atoms with Gasteiger partial charge in [0.2, 0.25) is 0 Å². The number of halogens is 2. The largest absolute Gasteiger partial charge is 0.495 e. The highest BCUT2D eigenvalue weighted by Gasteiger charge is 2.12. The highest BCUT2D eigenvalue weighted by atomic mass is 35.5. The Morgan fingerprint density at radius 3 is 2.62 bits per heavy atom. The summed E-state index contributed by atoms with van der Waals surface area (Å²) in [4.78, 5) is 0. The molecule has 0 fully saturated rings. The van der Waals surface area contributed by atoms with Crippen molar-refractivity contribution >= 4 is 23.2 Å². The van der Waals surface area contributed by atoms with Gasteiger partial charge in [-0.05, 0) is 43.0 Å². The van der Waals surface area contributed by atoms with Gasteiger partial charge in [-0.1, -0.05) is 30.1 Å². The molecule has 4 heteroatoms. The lowest BCUT2D eigenvalue weighted by molar-refractivity contribution is 0.404. The van der Waals surface area contributed by atoms with E-state index in [1.165, 1.54) is 0 Å². The third kappa shape index (κ3) is 3.55. The second-order valence-corrected chi connectivity index (χ2v) is 4.81. The summed E-state index contributed by atoms with van der Waals surface area (Å²) in [5, 5.41) is 1.20. The zero-order valence-electron chi connectivity index (χ0n) is 9.59. The quantitative estimate of drug-likeness (QED) is 0.881. The van der Waals surface area contributed by atoms with Gasteiger partial charge in [0, 0.05) is 5.02 Å². The lowest BCUT2D eigenvalue weighted by Gasteiger charge is -2.14. The number of hydrogen-bond acceptors (Lipinski definition) is 2. The maximum atomic E-state index is 6.06. The van der Waals surface area contributed by atoms with Gasteiger partial charge in [-0.3, -0.25) is 0 Å². The van der Waals surface area contributed by atoms with Crippen molar-refractivity contribution in [2.75, 3.05) is 13.7 Å². The topological polar surface area (TPSA) is 35.2 Å². The van der Waals surface area contributed by atoms with Crippen molar-refractivity contribution in [3.05, 3.63) is 27.7 Å². The van der Waals surface area contributed by atoms with Gasteiger partial charge in [-0.25, -0.2) is 0 Å². The molecule has 0 aromatic heterocycles. The number of rotatable bonds is 5. The second-order valence-electron chi connectivity index (χ2n) is 3.97. The first-order valence-electron chi connectivity index (χ1n) is 5.30. The third-order valence-electron chi connectivity index (χ3n) is 2.52. The molecule has 0 saturated heterocycles. The third-order valence-corrected chi connectivity index (χ3v) is 3.02. The standard InChI is InChI=1S/C12H17Cl2NO/c1-8(3-4-15)5-9-6-10(13)7-11(14)12(9)16-2/h6-8H,3-5,15H2,1-2H3. The van der Waals surface area contributed by atoms with Crippen LogP contribution in [0.1, 0.15) is 18.9 Å². The fourth-order valence-corrected chi connectivity index (χ4v) is 2.37. The van der Waals surface area contributed by atoms with Crippen LogP contribution in [0.3, 0.4) is 0 Å². The predicted octanol–water partition coefficient (Wildman–Crippen LogP) is 3.53. The molecule has 16 heavy (non-hydrogen) atoms. The maximum absolute atomic E-state index is 6.06. The van der Waals surface area contributed by atoms with Crippen LogP contribution in [-0.4, -0.2) is 13.7 Å². The van der Waals surface area contributed by atoms with Crippen molar-refractivity contribution < 1.29 is 4.74 Å². The van der Waals surface area contributed by atoms with Crippen LogP contribution in [0.25, 0.3) is 0 Å². The van der Waals surface area contributed by atoms with Crippen molar-refractivity contribution in [3.63, 3.8) is 0 Å². The molecule has 1 unspecified atom stereocenters. The minimum absolute atomic E-state index is 0.494. The van der Waals surface area contributed by atoms with Gasteiger partial charge in [0.1, 0.15) is 5.75 Å². The minimum Gasteiger partial charge on any atom is -0.495 e. The Morgan fingerprint density at radius 2 is 2.06 bits per heavy atom. The van der Waals surface area contributed by atoms with E-state index in [-0.39, 0.29) is 0 Å². The Hall–Kier alpha value is -0.440. The Balaban J connectivity index is 2.93. The smallest absolute Gasteiger partial charge is 0.140 e. The summed E-state index contributed by atoms with van der Waals surface area (Å²) in [6, 6.07) is 3.60. The van der Waals surface area contributed by atoms with Gasteiger partial charge in [0.15, 0.2) is 0 Å². The second kappa shape index (κ2) is 6.33. The van der Waals surface area contributed by atoms with Gasteiger partial charge < -0.3 is 10.5 Å². The van der Waals surface area contributed by atoms with Crippen LogP contribution in [0.4, 0.5) is 0 Å². The Labute approximate surface area is 107 Å². The molecular formula is C12H17Cl2NO. The predicted molar refractivity (Wildman–Crippen MR) is 69.6 cm³/mol. The zero-order chi connectivity index (χ0) is 12.1. The molecule has 1 aromatic carbocycles. The molecule has 1 atom stereocenters. The van der Waals surface area contributed by atoms with Crippen molar-refractivity contribution in [2.24, 2.45) is 11.7 Å². The average Bonchev–Trinajstić information content (AvgIpc) is 2.17. The van der Waals surface area contributed by atoms with E-state index in [0.29, 0.717) is 22.5 Å². The molecule has 0 spiro atoms. The van der Waals surface area contributed by atoms with Crippen molar-refractivity contribution in [1.82, 2.24) is 0 Å². The van der Waals surface area contributed by atoms with Crippen molar-refractivity contribution in [2.45, 2.75) is 19.8 Å². The molecule has 0 saturated carbocycles. The number of methoxy groups -OCH3 is 1. The van der Waals surface area contributed by atoms with Crippen molar-refractivity contribution in [3.8, 4) is 5.75 Å². The first kappa shape index (κ1) is 13.6. The van der Waals surface area contributed by atoms with Crippen LogP contribution in [-0.2, 0) is 6.42 Å². The van der Waals surface area contributed by atoms with Crippen LogP contribution in [0.5, 0.6) is 5.75 Å². The summed E-state index contributed by atoms with van der Waals surface area (Å²) < 4.78 is 5.29. The molecule has 0 aliphatic rings. The highest BCUT2D eigenvalue weighted by molar-refractivity contribution is 6.35. The van der Waals surface area contributed by atoms with E-state index in [0.717, 1.165) is 24.2 Å². The maximum Gasteiger partial charge on any atom is 0.140 e. The molecule has 1 aromatic rings. The fraction of sp³-hybridized carbons (Fsp3) is 0.500. The number of nitrogens with two attached hydrogens (primary N) is 1. The molecule has 0 aliphatic heterocycles. The van der Waals surface area contributed by atoms with Gasteiger partial charge in [-0.15, -0.1) is 0 Å². The van der Waals surface area contributed by atoms with E-state index in [2.05, 4.69) is 6.92 Å².